The van der Waals surface area contributed by atoms with Crippen LogP contribution in [0.25, 0.3) is 0 Å². The molecule has 15 heavy (non-hydrogen) atoms. The van der Waals surface area contributed by atoms with Gasteiger partial charge in [0.2, 0.25) is 0 Å². The molecule has 1 atom stereocenters. The van der Waals surface area contributed by atoms with E-state index >= 15 is 0 Å². The summed E-state index contributed by atoms with van der Waals surface area (Å²) in [5.41, 5.74) is 5.78. The molecule has 1 aliphatic carbocycles. The fourth-order valence-corrected chi connectivity index (χ4v) is 4.04. The Kier molecular flexibility index (Phi) is 2.35. The minimum Gasteiger partial charge on any atom is -0.327 e. The quantitative estimate of drug-likeness (QED) is 0.844. The molecular formula is C11H15NO2S. The molecule has 2 N–H and O–H groups in total. The van der Waals surface area contributed by atoms with Gasteiger partial charge in [-0.25, -0.2) is 8.42 Å². The van der Waals surface area contributed by atoms with Gasteiger partial charge in [-0.2, -0.15) is 0 Å². The zero-order valence-electron chi connectivity index (χ0n) is 8.68. The number of nitrogens with two attached hydrogens (primary N) is 1. The minimum absolute atomic E-state index is 0.303. The zero-order chi connectivity index (χ0) is 11.1. The Labute approximate surface area is 90.2 Å². The predicted molar refractivity (Wildman–Crippen MR) is 59.2 cm³/mol. The molecule has 1 unspecified atom stereocenters. The SMILES string of the molecule is CC(N)C1(S(=O)(=O)c2ccccc2)CC1. The van der Waals surface area contributed by atoms with Crippen molar-refractivity contribution < 1.29 is 8.42 Å². The monoisotopic (exact) mass is 225 g/mol. The molecule has 0 bridgehead atoms. The molecule has 4 heteroatoms. The van der Waals surface area contributed by atoms with Crippen molar-refractivity contribution in [3.05, 3.63) is 30.3 Å². The summed E-state index contributed by atoms with van der Waals surface area (Å²) in [6.45, 7) is 1.77. The second-order valence-electron chi connectivity index (χ2n) is 4.17. The van der Waals surface area contributed by atoms with E-state index in [4.69, 9.17) is 5.73 Å². The fourth-order valence-electron chi connectivity index (χ4n) is 1.93. The van der Waals surface area contributed by atoms with Gasteiger partial charge in [0.1, 0.15) is 0 Å². The highest BCUT2D eigenvalue weighted by Gasteiger charge is 2.57. The third kappa shape index (κ3) is 1.48. The van der Waals surface area contributed by atoms with E-state index in [0.717, 1.165) is 0 Å². The van der Waals surface area contributed by atoms with Crippen LogP contribution in [0.3, 0.4) is 0 Å². The molecule has 0 aliphatic heterocycles. The van der Waals surface area contributed by atoms with Crippen molar-refractivity contribution in [1.29, 1.82) is 0 Å². The van der Waals surface area contributed by atoms with Gasteiger partial charge in [-0.1, -0.05) is 18.2 Å². The number of hydrogen-bond donors (Lipinski definition) is 1. The molecule has 0 aromatic heterocycles. The van der Waals surface area contributed by atoms with Crippen molar-refractivity contribution in [3.63, 3.8) is 0 Å². The van der Waals surface area contributed by atoms with Gasteiger partial charge in [-0.15, -0.1) is 0 Å². The lowest BCUT2D eigenvalue weighted by molar-refractivity contribution is 0.554. The third-order valence-corrected chi connectivity index (χ3v) is 5.90. The highest BCUT2D eigenvalue weighted by molar-refractivity contribution is 7.93. The van der Waals surface area contributed by atoms with Crippen molar-refractivity contribution in [3.8, 4) is 0 Å². The molecule has 0 radical (unpaired) electrons. The van der Waals surface area contributed by atoms with Crippen LogP contribution < -0.4 is 5.73 Å². The second kappa shape index (κ2) is 3.32. The number of sulfone groups is 1. The lowest BCUT2D eigenvalue weighted by Crippen LogP contribution is -2.40. The molecule has 1 aliphatic rings. The first-order chi connectivity index (χ1) is 7.01. The van der Waals surface area contributed by atoms with Crippen LogP contribution in [0.1, 0.15) is 19.8 Å². The van der Waals surface area contributed by atoms with Crippen LogP contribution in [0.15, 0.2) is 35.2 Å². The van der Waals surface area contributed by atoms with Gasteiger partial charge >= 0.3 is 0 Å². The molecule has 3 nitrogen and oxygen atoms in total. The Morgan fingerprint density at radius 1 is 1.27 bits per heavy atom. The molecule has 0 heterocycles. The summed E-state index contributed by atoms with van der Waals surface area (Å²) in [4.78, 5) is 0.389. The molecule has 1 aromatic rings. The first-order valence-corrected chi connectivity index (χ1v) is 6.54. The van der Waals surface area contributed by atoms with Gasteiger partial charge in [0.15, 0.2) is 9.84 Å². The predicted octanol–water partition coefficient (Wildman–Crippen LogP) is 1.34. The molecule has 1 fully saturated rings. The Hall–Kier alpha value is -0.870. The lowest BCUT2D eigenvalue weighted by atomic mass is 10.2. The Morgan fingerprint density at radius 2 is 1.80 bits per heavy atom. The van der Waals surface area contributed by atoms with Crippen LogP contribution in [0.4, 0.5) is 0 Å². The molecule has 1 saturated carbocycles. The molecular weight excluding hydrogens is 210 g/mol. The van der Waals surface area contributed by atoms with Crippen molar-refractivity contribution in [2.45, 2.75) is 35.4 Å². The van der Waals surface area contributed by atoms with Crippen LogP contribution in [0.2, 0.25) is 0 Å². The van der Waals surface area contributed by atoms with Crippen molar-refractivity contribution in [1.82, 2.24) is 0 Å². The molecule has 82 valence electrons. The van der Waals surface area contributed by atoms with E-state index < -0.39 is 14.6 Å². The maximum absolute atomic E-state index is 12.3. The summed E-state index contributed by atoms with van der Waals surface area (Å²) in [5.74, 6) is 0. The van der Waals surface area contributed by atoms with E-state index in [1.165, 1.54) is 0 Å². The van der Waals surface area contributed by atoms with E-state index in [-0.39, 0.29) is 6.04 Å². The van der Waals surface area contributed by atoms with Gasteiger partial charge in [-0.3, -0.25) is 0 Å². The number of rotatable bonds is 3. The lowest BCUT2D eigenvalue weighted by Gasteiger charge is -2.19. The molecule has 0 saturated heterocycles. The summed E-state index contributed by atoms with van der Waals surface area (Å²) in [6.07, 6.45) is 1.36. The normalized spacial score (nSPS) is 20.9. The maximum Gasteiger partial charge on any atom is 0.185 e. The van der Waals surface area contributed by atoms with Gasteiger partial charge in [-0.05, 0) is 31.9 Å². The van der Waals surface area contributed by atoms with E-state index in [2.05, 4.69) is 0 Å². The van der Waals surface area contributed by atoms with Crippen molar-refractivity contribution >= 4 is 9.84 Å². The summed E-state index contributed by atoms with van der Waals surface area (Å²) >= 11 is 0. The average Bonchev–Trinajstić information content (AvgIpc) is 3.00. The van der Waals surface area contributed by atoms with Crippen LogP contribution in [-0.4, -0.2) is 19.2 Å². The molecule has 1 aromatic carbocycles. The maximum atomic E-state index is 12.3. The van der Waals surface area contributed by atoms with Crippen molar-refractivity contribution in [2.75, 3.05) is 0 Å². The first kappa shape index (κ1) is 10.6. The number of hydrogen-bond acceptors (Lipinski definition) is 3. The van der Waals surface area contributed by atoms with Gasteiger partial charge in [0.25, 0.3) is 0 Å². The average molecular weight is 225 g/mol. The number of benzene rings is 1. The Balaban J connectivity index is 2.46. The molecule has 0 spiro atoms. The standard InChI is InChI=1S/C11H15NO2S/c1-9(12)11(7-8-11)15(13,14)10-5-3-2-4-6-10/h2-6,9H,7-8,12H2,1H3. The van der Waals surface area contributed by atoms with E-state index in [1.807, 2.05) is 6.07 Å². The van der Waals surface area contributed by atoms with E-state index in [1.54, 1.807) is 31.2 Å². The van der Waals surface area contributed by atoms with Crippen LogP contribution in [0, 0.1) is 0 Å². The van der Waals surface area contributed by atoms with Crippen LogP contribution in [-0.2, 0) is 9.84 Å². The summed E-state index contributed by atoms with van der Waals surface area (Å²) in [5, 5.41) is 0. The largest absolute Gasteiger partial charge is 0.327 e. The summed E-state index contributed by atoms with van der Waals surface area (Å²) < 4.78 is 23.9. The Morgan fingerprint density at radius 3 is 2.20 bits per heavy atom. The highest BCUT2D eigenvalue weighted by Crippen LogP contribution is 2.48. The topological polar surface area (TPSA) is 60.2 Å². The summed E-state index contributed by atoms with van der Waals surface area (Å²) in [7, 11) is -3.25. The fraction of sp³-hybridized carbons (Fsp3) is 0.455. The van der Waals surface area contributed by atoms with Crippen LogP contribution in [0.5, 0.6) is 0 Å². The van der Waals surface area contributed by atoms with E-state index in [9.17, 15) is 8.42 Å². The third-order valence-electron chi connectivity index (χ3n) is 3.16. The smallest absolute Gasteiger partial charge is 0.185 e. The zero-order valence-corrected chi connectivity index (χ0v) is 9.50. The second-order valence-corrected chi connectivity index (χ2v) is 6.46. The summed E-state index contributed by atoms with van der Waals surface area (Å²) in [6, 6.07) is 8.26. The molecule has 0 amide bonds. The van der Waals surface area contributed by atoms with Gasteiger partial charge in [0, 0.05) is 6.04 Å². The Bertz CT molecular complexity index is 447. The van der Waals surface area contributed by atoms with E-state index in [0.29, 0.717) is 17.7 Å². The van der Waals surface area contributed by atoms with Crippen LogP contribution >= 0.6 is 0 Å². The van der Waals surface area contributed by atoms with Gasteiger partial charge < -0.3 is 5.73 Å². The molecule has 2 rings (SSSR count). The van der Waals surface area contributed by atoms with Gasteiger partial charge in [0.05, 0.1) is 9.64 Å². The minimum atomic E-state index is -3.25. The first-order valence-electron chi connectivity index (χ1n) is 5.06. The van der Waals surface area contributed by atoms with Crippen molar-refractivity contribution in [2.24, 2.45) is 5.73 Å². The highest BCUT2D eigenvalue weighted by atomic mass is 32.2.